The lowest BCUT2D eigenvalue weighted by molar-refractivity contribution is 0.914. The van der Waals surface area contributed by atoms with Crippen molar-refractivity contribution < 1.29 is 0 Å². The van der Waals surface area contributed by atoms with E-state index in [0.29, 0.717) is 5.56 Å². The van der Waals surface area contributed by atoms with E-state index in [0.717, 1.165) is 22.3 Å². The maximum atomic E-state index is 8.88. The zero-order valence-electron chi connectivity index (χ0n) is 9.97. The van der Waals surface area contributed by atoms with Gasteiger partial charge in [-0.15, -0.1) is 0 Å². The summed E-state index contributed by atoms with van der Waals surface area (Å²) in [6, 6.07) is 11.8. The number of pyridine rings is 1. The Hall–Kier alpha value is -1.86. The Kier molecular flexibility index (Phi) is 3.96. The highest BCUT2D eigenvalue weighted by atomic mass is 79.9. The number of anilines is 1. The van der Waals surface area contributed by atoms with Gasteiger partial charge >= 0.3 is 0 Å². The normalized spacial score (nSPS) is 9.83. The molecule has 90 valence electrons. The van der Waals surface area contributed by atoms with Crippen LogP contribution in [0.25, 0.3) is 0 Å². The summed E-state index contributed by atoms with van der Waals surface area (Å²) in [6.07, 6.45) is 3.62. The molecule has 0 saturated heterocycles. The Bertz CT molecular complexity index is 575. The first kappa shape index (κ1) is 12.6. The second-order valence-electron chi connectivity index (χ2n) is 3.99. The molecule has 2 aromatic rings. The van der Waals surface area contributed by atoms with Crippen LogP contribution in [-0.2, 0) is 6.54 Å². The van der Waals surface area contributed by atoms with E-state index < -0.39 is 0 Å². The van der Waals surface area contributed by atoms with E-state index >= 15 is 0 Å². The summed E-state index contributed by atoms with van der Waals surface area (Å²) in [5.41, 5.74) is 2.86. The molecule has 0 aliphatic carbocycles. The van der Waals surface area contributed by atoms with Gasteiger partial charge in [-0.3, -0.25) is 4.98 Å². The highest BCUT2D eigenvalue weighted by Crippen LogP contribution is 2.23. The van der Waals surface area contributed by atoms with E-state index in [9.17, 15) is 0 Å². The van der Waals surface area contributed by atoms with Crippen LogP contribution in [0.15, 0.2) is 47.2 Å². The molecule has 0 N–H and O–H groups in total. The van der Waals surface area contributed by atoms with Crippen LogP contribution in [0.2, 0.25) is 0 Å². The molecule has 1 aromatic carbocycles. The summed E-state index contributed by atoms with van der Waals surface area (Å²) in [5, 5.41) is 8.88. The largest absolute Gasteiger partial charge is 0.370 e. The van der Waals surface area contributed by atoms with Crippen molar-refractivity contribution in [1.82, 2.24) is 4.98 Å². The van der Waals surface area contributed by atoms with Gasteiger partial charge in [0, 0.05) is 36.1 Å². The number of aromatic nitrogens is 1. The van der Waals surface area contributed by atoms with E-state index in [4.69, 9.17) is 5.26 Å². The second kappa shape index (κ2) is 5.65. The Morgan fingerprint density at radius 1 is 1.39 bits per heavy atom. The first-order valence-corrected chi connectivity index (χ1v) is 6.29. The summed E-state index contributed by atoms with van der Waals surface area (Å²) < 4.78 is 0.820. The van der Waals surface area contributed by atoms with Crippen molar-refractivity contribution in [3.8, 4) is 6.07 Å². The number of hydrogen-bond acceptors (Lipinski definition) is 3. The highest BCUT2D eigenvalue weighted by molar-refractivity contribution is 9.10. The van der Waals surface area contributed by atoms with Crippen LogP contribution in [0, 0.1) is 11.3 Å². The van der Waals surface area contributed by atoms with E-state index in [1.165, 1.54) is 0 Å². The van der Waals surface area contributed by atoms with Gasteiger partial charge in [0.1, 0.15) is 6.07 Å². The molecular weight excluding hydrogens is 290 g/mol. The van der Waals surface area contributed by atoms with Gasteiger partial charge in [-0.25, -0.2) is 0 Å². The molecule has 0 saturated carbocycles. The van der Waals surface area contributed by atoms with Crippen LogP contribution in [-0.4, -0.2) is 12.0 Å². The van der Waals surface area contributed by atoms with Crippen LogP contribution >= 0.6 is 15.9 Å². The number of nitriles is 1. The fourth-order valence-electron chi connectivity index (χ4n) is 1.69. The Morgan fingerprint density at radius 2 is 2.22 bits per heavy atom. The van der Waals surface area contributed by atoms with Gasteiger partial charge in [0.15, 0.2) is 0 Å². The standard InChI is InChI=1S/C14H12BrN3/c1-18(10-11-3-2-6-17-9-11)13-5-4-12(8-16)14(15)7-13/h2-7,9H,10H2,1H3. The number of benzene rings is 1. The van der Waals surface area contributed by atoms with Crippen molar-refractivity contribution in [3.05, 3.63) is 58.3 Å². The fourth-order valence-corrected chi connectivity index (χ4v) is 2.14. The quantitative estimate of drug-likeness (QED) is 0.873. The fraction of sp³-hybridized carbons (Fsp3) is 0.143. The summed E-state index contributed by atoms with van der Waals surface area (Å²) >= 11 is 3.40. The molecule has 0 aliphatic heterocycles. The van der Waals surface area contributed by atoms with Crippen molar-refractivity contribution >= 4 is 21.6 Å². The zero-order chi connectivity index (χ0) is 13.0. The number of rotatable bonds is 3. The van der Waals surface area contributed by atoms with Crippen molar-refractivity contribution in [2.24, 2.45) is 0 Å². The van der Waals surface area contributed by atoms with Crippen LogP contribution in [0.1, 0.15) is 11.1 Å². The first-order valence-electron chi connectivity index (χ1n) is 5.50. The van der Waals surface area contributed by atoms with Gasteiger partial charge in [0.05, 0.1) is 5.56 Å². The third-order valence-corrected chi connectivity index (χ3v) is 3.31. The van der Waals surface area contributed by atoms with Gasteiger partial charge < -0.3 is 4.90 Å². The summed E-state index contributed by atoms with van der Waals surface area (Å²) in [5.74, 6) is 0. The minimum Gasteiger partial charge on any atom is -0.370 e. The molecule has 2 rings (SSSR count). The predicted octanol–water partition coefficient (Wildman–Crippen LogP) is 3.35. The molecule has 18 heavy (non-hydrogen) atoms. The lowest BCUT2D eigenvalue weighted by Gasteiger charge is -2.19. The summed E-state index contributed by atoms with van der Waals surface area (Å²) in [6.45, 7) is 0.784. The molecular formula is C14H12BrN3. The van der Waals surface area contributed by atoms with Crippen molar-refractivity contribution in [1.29, 1.82) is 5.26 Å². The molecule has 1 heterocycles. The molecule has 0 amide bonds. The molecule has 0 fully saturated rings. The third kappa shape index (κ3) is 2.88. The molecule has 3 nitrogen and oxygen atoms in total. The summed E-state index contributed by atoms with van der Waals surface area (Å²) in [7, 11) is 2.01. The monoisotopic (exact) mass is 301 g/mol. The average molecular weight is 302 g/mol. The second-order valence-corrected chi connectivity index (χ2v) is 4.85. The van der Waals surface area contributed by atoms with Crippen LogP contribution < -0.4 is 4.90 Å². The maximum absolute atomic E-state index is 8.88. The molecule has 0 spiro atoms. The lowest BCUT2D eigenvalue weighted by Crippen LogP contribution is -2.16. The average Bonchev–Trinajstić information content (AvgIpc) is 2.39. The molecule has 4 heteroatoms. The minimum absolute atomic E-state index is 0.647. The van der Waals surface area contributed by atoms with Gasteiger partial charge in [-0.1, -0.05) is 6.07 Å². The van der Waals surface area contributed by atoms with Gasteiger partial charge in [0.25, 0.3) is 0 Å². The van der Waals surface area contributed by atoms with Crippen molar-refractivity contribution in [2.75, 3.05) is 11.9 Å². The van der Waals surface area contributed by atoms with Gasteiger partial charge in [-0.2, -0.15) is 5.26 Å². The van der Waals surface area contributed by atoms with E-state index in [2.05, 4.69) is 31.9 Å². The SMILES string of the molecule is CN(Cc1cccnc1)c1ccc(C#N)c(Br)c1. The molecule has 0 radical (unpaired) electrons. The summed E-state index contributed by atoms with van der Waals surface area (Å²) in [4.78, 5) is 6.21. The van der Waals surface area contributed by atoms with Crippen molar-refractivity contribution in [2.45, 2.75) is 6.54 Å². The van der Waals surface area contributed by atoms with Crippen molar-refractivity contribution in [3.63, 3.8) is 0 Å². The topological polar surface area (TPSA) is 39.9 Å². The van der Waals surface area contributed by atoms with Crippen LogP contribution in [0.5, 0.6) is 0 Å². The van der Waals surface area contributed by atoms with E-state index in [1.54, 1.807) is 6.20 Å². The lowest BCUT2D eigenvalue weighted by atomic mass is 10.2. The van der Waals surface area contributed by atoms with Gasteiger partial charge in [-0.05, 0) is 45.8 Å². The molecule has 0 unspecified atom stereocenters. The third-order valence-electron chi connectivity index (χ3n) is 2.66. The molecule has 0 atom stereocenters. The van der Waals surface area contributed by atoms with Crippen LogP contribution in [0.4, 0.5) is 5.69 Å². The maximum Gasteiger partial charge on any atom is 0.100 e. The number of nitrogens with zero attached hydrogens (tertiary/aromatic N) is 3. The van der Waals surface area contributed by atoms with Crippen LogP contribution in [0.3, 0.4) is 0 Å². The van der Waals surface area contributed by atoms with E-state index in [-0.39, 0.29) is 0 Å². The zero-order valence-corrected chi connectivity index (χ0v) is 11.6. The molecule has 0 aliphatic rings. The number of halogens is 1. The molecule has 0 bridgehead atoms. The Balaban J connectivity index is 2.17. The Morgan fingerprint density at radius 3 is 2.83 bits per heavy atom. The van der Waals surface area contributed by atoms with Gasteiger partial charge in [0.2, 0.25) is 0 Å². The molecule has 1 aromatic heterocycles. The smallest absolute Gasteiger partial charge is 0.100 e. The Labute approximate surface area is 115 Å². The van der Waals surface area contributed by atoms with E-state index in [1.807, 2.05) is 43.6 Å². The number of hydrogen-bond donors (Lipinski definition) is 0. The minimum atomic E-state index is 0.647. The first-order chi connectivity index (χ1) is 8.70. The predicted molar refractivity (Wildman–Crippen MR) is 75.2 cm³/mol. The highest BCUT2D eigenvalue weighted by Gasteiger charge is 2.05.